The Kier molecular flexibility index (Phi) is 6.74. The molecule has 0 aliphatic carbocycles. The number of imidazole rings is 1. The Morgan fingerprint density at radius 2 is 1.68 bits per heavy atom. The van der Waals surface area contributed by atoms with Crippen LogP contribution in [0.25, 0.3) is 16.9 Å². The molecule has 0 unspecified atom stereocenters. The van der Waals surface area contributed by atoms with Crippen LogP contribution in [0.4, 0.5) is 0 Å². The fourth-order valence-corrected chi connectivity index (χ4v) is 3.95. The molecule has 37 heavy (non-hydrogen) atoms. The van der Waals surface area contributed by atoms with Gasteiger partial charge in [0.2, 0.25) is 12.7 Å². The number of carbonyl (C=O) groups is 1. The first-order chi connectivity index (χ1) is 17.9. The molecule has 3 aromatic heterocycles. The summed E-state index contributed by atoms with van der Waals surface area (Å²) in [4.78, 5) is 22.0. The van der Waals surface area contributed by atoms with E-state index in [9.17, 15) is 9.90 Å². The van der Waals surface area contributed by atoms with Crippen molar-refractivity contribution in [1.29, 1.82) is 0 Å². The van der Waals surface area contributed by atoms with Crippen LogP contribution in [0.3, 0.4) is 0 Å². The van der Waals surface area contributed by atoms with Crippen LogP contribution >= 0.6 is 0 Å². The Morgan fingerprint density at radius 1 is 0.946 bits per heavy atom. The molecule has 1 N–H and O–H groups in total. The Morgan fingerprint density at radius 3 is 2.35 bits per heavy atom. The van der Waals surface area contributed by atoms with E-state index in [0.717, 1.165) is 22.5 Å². The monoisotopic (exact) mass is 497 g/mol. The van der Waals surface area contributed by atoms with Gasteiger partial charge in [0.15, 0.2) is 11.2 Å². The van der Waals surface area contributed by atoms with Gasteiger partial charge in [0, 0.05) is 18.2 Å². The van der Waals surface area contributed by atoms with Crippen molar-refractivity contribution in [3.05, 3.63) is 108 Å². The van der Waals surface area contributed by atoms with Crippen molar-refractivity contribution in [3.63, 3.8) is 0 Å². The minimum atomic E-state index is -1.63. The van der Waals surface area contributed by atoms with Crippen molar-refractivity contribution in [2.45, 2.75) is 32.3 Å². The number of esters is 1. The fourth-order valence-electron chi connectivity index (χ4n) is 3.95. The molecule has 0 atom stereocenters. The van der Waals surface area contributed by atoms with E-state index in [-0.39, 0.29) is 0 Å². The number of rotatable bonds is 9. The molecule has 0 aliphatic rings. The molecule has 5 rings (SSSR count). The Bertz CT molecular complexity index is 1490. The van der Waals surface area contributed by atoms with Crippen molar-refractivity contribution < 1.29 is 23.8 Å². The second-order valence-corrected chi connectivity index (χ2v) is 9.17. The van der Waals surface area contributed by atoms with E-state index in [1.807, 2.05) is 83.4 Å². The molecule has 2 aromatic carbocycles. The summed E-state index contributed by atoms with van der Waals surface area (Å²) in [7, 11) is 0. The molecule has 0 amide bonds. The van der Waals surface area contributed by atoms with Gasteiger partial charge in [-0.05, 0) is 31.5 Å². The molecule has 0 saturated carbocycles. The summed E-state index contributed by atoms with van der Waals surface area (Å²) in [5, 5.41) is 9.91. The van der Waals surface area contributed by atoms with Gasteiger partial charge in [0.05, 0.1) is 24.1 Å². The van der Waals surface area contributed by atoms with Gasteiger partial charge < -0.3 is 19.0 Å². The van der Waals surface area contributed by atoms with E-state index in [2.05, 4.69) is 0 Å². The van der Waals surface area contributed by atoms with Gasteiger partial charge in [0.1, 0.15) is 11.5 Å². The fraction of sp³-hybridized carbons (Fsp3) is 0.207. The zero-order valence-corrected chi connectivity index (χ0v) is 20.6. The van der Waals surface area contributed by atoms with Crippen molar-refractivity contribution in [2.24, 2.45) is 0 Å². The lowest BCUT2D eigenvalue weighted by Crippen LogP contribution is -2.34. The summed E-state index contributed by atoms with van der Waals surface area (Å²) < 4.78 is 18.5. The summed E-state index contributed by atoms with van der Waals surface area (Å²) in [6, 6.07) is 23.6. The zero-order chi connectivity index (χ0) is 25.8. The topological polar surface area (TPSA) is 99.1 Å². The minimum Gasteiger partial charge on any atom is -0.469 e. The SMILES string of the molecule is CC(C)(O)C(=O)OCOc1c(Cc2ccco2)nc2c(Cc3ccccc3)nc(-c3ccccc3)cn12. The van der Waals surface area contributed by atoms with Gasteiger partial charge in [-0.1, -0.05) is 60.7 Å². The summed E-state index contributed by atoms with van der Waals surface area (Å²) in [5.41, 5.74) is 3.17. The van der Waals surface area contributed by atoms with E-state index in [1.54, 1.807) is 6.26 Å². The van der Waals surface area contributed by atoms with Crippen LogP contribution in [-0.4, -0.2) is 37.8 Å². The molecule has 3 heterocycles. The second-order valence-electron chi connectivity index (χ2n) is 9.17. The lowest BCUT2D eigenvalue weighted by atomic mass is 10.1. The molecule has 0 aliphatic heterocycles. The van der Waals surface area contributed by atoms with Gasteiger partial charge in [-0.2, -0.15) is 0 Å². The highest BCUT2D eigenvalue weighted by Crippen LogP contribution is 2.29. The molecule has 0 saturated heterocycles. The number of ether oxygens (including phenoxy) is 2. The Labute approximate surface area is 214 Å². The van der Waals surface area contributed by atoms with Gasteiger partial charge in [-0.15, -0.1) is 0 Å². The molecule has 0 spiro atoms. The third-order valence-electron chi connectivity index (χ3n) is 5.79. The second kappa shape index (κ2) is 10.3. The largest absolute Gasteiger partial charge is 0.469 e. The predicted molar refractivity (Wildman–Crippen MR) is 137 cm³/mol. The maximum atomic E-state index is 12.1. The number of hydrogen-bond donors (Lipinski definition) is 1. The highest BCUT2D eigenvalue weighted by molar-refractivity contribution is 5.78. The maximum absolute atomic E-state index is 12.1. The minimum absolute atomic E-state index is 0.370. The predicted octanol–water partition coefficient (Wildman–Crippen LogP) is 4.82. The summed E-state index contributed by atoms with van der Waals surface area (Å²) >= 11 is 0. The number of fused-ring (bicyclic) bond motifs is 1. The van der Waals surface area contributed by atoms with Gasteiger partial charge in [0.25, 0.3) is 0 Å². The lowest BCUT2D eigenvalue weighted by molar-refractivity contribution is -0.168. The maximum Gasteiger partial charge on any atom is 0.340 e. The lowest BCUT2D eigenvalue weighted by Gasteiger charge is -2.16. The molecule has 0 radical (unpaired) electrons. The number of hydrogen-bond acceptors (Lipinski definition) is 7. The van der Waals surface area contributed by atoms with E-state index in [4.69, 9.17) is 23.9 Å². The molecular formula is C29H27N3O5. The van der Waals surface area contributed by atoms with E-state index >= 15 is 0 Å². The van der Waals surface area contributed by atoms with Crippen LogP contribution in [0.15, 0.2) is 89.7 Å². The van der Waals surface area contributed by atoms with Crippen molar-refractivity contribution in [1.82, 2.24) is 14.4 Å². The smallest absolute Gasteiger partial charge is 0.340 e. The average Bonchev–Trinajstić information content (AvgIpc) is 3.53. The molecule has 0 fully saturated rings. The van der Waals surface area contributed by atoms with Crippen LogP contribution in [0.2, 0.25) is 0 Å². The highest BCUT2D eigenvalue weighted by Gasteiger charge is 2.26. The van der Waals surface area contributed by atoms with Crippen LogP contribution in [0, 0.1) is 0 Å². The van der Waals surface area contributed by atoms with Crippen LogP contribution in [-0.2, 0) is 22.4 Å². The number of benzene rings is 2. The Balaban J connectivity index is 1.61. The molecule has 0 bridgehead atoms. The average molecular weight is 498 g/mol. The third kappa shape index (κ3) is 5.54. The first kappa shape index (κ1) is 24.3. The van der Waals surface area contributed by atoms with Gasteiger partial charge in [-0.3, -0.25) is 4.40 Å². The molecular weight excluding hydrogens is 470 g/mol. The van der Waals surface area contributed by atoms with Crippen molar-refractivity contribution >= 4 is 11.6 Å². The summed E-state index contributed by atoms with van der Waals surface area (Å²) in [6.07, 6.45) is 4.40. The number of aromatic nitrogens is 3. The first-order valence-corrected chi connectivity index (χ1v) is 11.9. The molecule has 8 nitrogen and oxygen atoms in total. The third-order valence-corrected chi connectivity index (χ3v) is 5.79. The zero-order valence-electron chi connectivity index (χ0n) is 20.6. The summed E-state index contributed by atoms with van der Waals surface area (Å²) in [6.45, 7) is 2.33. The standard InChI is InChI=1S/C29H27N3O5/c1-29(2,34)28(33)37-19-36-27-24(17-22-14-9-15-35-22)31-26-23(16-20-10-5-3-6-11-20)30-25(18-32(26)27)21-12-7-4-8-13-21/h3-15,18,34H,16-17,19H2,1-2H3. The quantitative estimate of drug-likeness (QED) is 0.230. The van der Waals surface area contributed by atoms with E-state index < -0.39 is 18.4 Å². The normalized spacial score (nSPS) is 11.5. The van der Waals surface area contributed by atoms with E-state index in [1.165, 1.54) is 13.8 Å². The number of aliphatic hydroxyl groups is 1. The first-order valence-electron chi connectivity index (χ1n) is 11.9. The highest BCUT2D eigenvalue weighted by atomic mass is 16.7. The van der Waals surface area contributed by atoms with Crippen LogP contribution in [0.5, 0.6) is 5.88 Å². The number of nitrogens with zero attached hydrogens (tertiary/aromatic N) is 3. The number of furan rings is 1. The van der Waals surface area contributed by atoms with Crippen LogP contribution in [0.1, 0.15) is 36.6 Å². The summed E-state index contributed by atoms with van der Waals surface area (Å²) in [5.74, 6) is 0.330. The van der Waals surface area contributed by atoms with Gasteiger partial charge >= 0.3 is 5.97 Å². The van der Waals surface area contributed by atoms with E-state index in [0.29, 0.717) is 35.8 Å². The van der Waals surface area contributed by atoms with Gasteiger partial charge in [-0.25, -0.2) is 14.8 Å². The number of carbonyl (C=O) groups excluding carboxylic acids is 1. The molecule has 188 valence electrons. The van der Waals surface area contributed by atoms with Crippen molar-refractivity contribution in [2.75, 3.05) is 6.79 Å². The molecule has 5 aromatic rings. The molecule has 8 heteroatoms. The van der Waals surface area contributed by atoms with Crippen molar-refractivity contribution in [3.8, 4) is 17.1 Å². The van der Waals surface area contributed by atoms with Crippen LogP contribution < -0.4 is 4.74 Å². The Hall–Kier alpha value is -4.43.